The molecule has 1 saturated carbocycles. The smallest absolute Gasteiger partial charge is 0.326 e. The Hall–Kier alpha value is -2.85. The number of piperazine rings is 1. The summed E-state index contributed by atoms with van der Waals surface area (Å²) < 4.78 is 10.7. The van der Waals surface area contributed by atoms with Gasteiger partial charge in [0.05, 0.1) is 13.2 Å². The van der Waals surface area contributed by atoms with Gasteiger partial charge < -0.3 is 20.1 Å². The molecule has 5 rings (SSSR count). The lowest BCUT2D eigenvalue weighted by Crippen LogP contribution is -2.53. The van der Waals surface area contributed by atoms with Crippen molar-refractivity contribution in [3.63, 3.8) is 0 Å². The molecule has 10 nitrogen and oxygen atoms in total. The number of amides is 4. The summed E-state index contributed by atoms with van der Waals surface area (Å²) in [4.78, 5) is 43.3. The van der Waals surface area contributed by atoms with E-state index >= 15 is 0 Å². The number of benzene rings is 1. The first-order valence-corrected chi connectivity index (χ1v) is 10.7. The number of nitrogens with zero attached hydrogens (tertiary/aromatic N) is 3. The van der Waals surface area contributed by atoms with Crippen molar-refractivity contribution in [3.05, 3.63) is 23.8 Å². The summed E-state index contributed by atoms with van der Waals surface area (Å²) in [5.41, 5.74) is -0.495. The van der Waals surface area contributed by atoms with Gasteiger partial charge in [0.2, 0.25) is 12.7 Å². The van der Waals surface area contributed by atoms with Crippen LogP contribution < -0.4 is 20.1 Å². The number of carbonyl (C=O) groups excluding carboxylic acids is 3. The molecule has 2 N–H and O–H groups in total. The van der Waals surface area contributed by atoms with Gasteiger partial charge in [0.1, 0.15) is 5.54 Å². The number of carbonyl (C=O) groups is 3. The van der Waals surface area contributed by atoms with Crippen molar-refractivity contribution in [2.24, 2.45) is 0 Å². The fourth-order valence-corrected chi connectivity index (χ4v) is 4.22. The van der Waals surface area contributed by atoms with Crippen molar-refractivity contribution in [1.82, 2.24) is 25.3 Å². The number of ether oxygens (including phenoxy) is 2. The van der Waals surface area contributed by atoms with E-state index in [9.17, 15) is 14.4 Å². The van der Waals surface area contributed by atoms with Crippen LogP contribution in [0.25, 0.3) is 0 Å². The van der Waals surface area contributed by atoms with Crippen molar-refractivity contribution >= 4 is 17.8 Å². The third-order valence-corrected chi connectivity index (χ3v) is 6.34. The molecule has 0 bridgehead atoms. The number of imide groups is 1. The van der Waals surface area contributed by atoms with Crippen LogP contribution in [0.3, 0.4) is 0 Å². The fraction of sp³-hybridized carbons (Fsp3) is 0.571. The van der Waals surface area contributed by atoms with Crippen LogP contribution in [0.2, 0.25) is 0 Å². The van der Waals surface area contributed by atoms with E-state index < -0.39 is 11.6 Å². The Balaban J connectivity index is 1.18. The Kier molecular flexibility index (Phi) is 4.98. The zero-order chi connectivity index (χ0) is 21.6. The molecule has 4 amide bonds. The SMILES string of the molecule is CC1(c2ccc3c(c2)OCO3)NC(=O)N(CN2CCN(CC(=O)NC3CC3)CC2)C1=O. The first-order chi connectivity index (χ1) is 14.9. The molecule has 0 spiro atoms. The third-order valence-electron chi connectivity index (χ3n) is 6.34. The van der Waals surface area contributed by atoms with Crippen LogP contribution in [-0.4, -0.2) is 84.8 Å². The summed E-state index contributed by atoms with van der Waals surface area (Å²) in [6.07, 6.45) is 2.16. The highest BCUT2D eigenvalue weighted by Gasteiger charge is 2.49. The van der Waals surface area contributed by atoms with E-state index in [0.717, 1.165) is 25.9 Å². The van der Waals surface area contributed by atoms with Crippen LogP contribution in [0.1, 0.15) is 25.3 Å². The van der Waals surface area contributed by atoms with Crippen molar-refractivity contribution in [2.45, 2.75) is 31.3 Å². The van der Waals surface area contributed by atoms with Crippen molar-refractivity contribution < 1.29 is 23.9 Å². The molecule has 0 radical (unpaired) electrons. The van der Waals surface area contributed by atoms with Gasteiger partial charge in [-0.05, 0) is 37.5 Å². The van der Waals surface area contributed by atoms with Gasteiger partial charge in [-0.3, -0.25) is 19.4 Å². The van der Waals surface area contributed by atoms with Crippen molar-refractivity contribution in [3.8, 4) is 11.5 Å². The van der Waals surface area contributed by atoms with E-state index in [1.165, 1.54) is 4.90 Å². The first-order valence-electron chi connectivity index (χ1n) is 10.7. The molecule has 1 unspecified atom stereocenters. The standard InChI is InChI=1S/C21H27N5O5/c1-21(14-2-5-16-17(10-14)31-13-30-16)19(28)26(20(29)23-21)12-25-8-6-24(7-9-25)11-18(27)22-15-3-4-15/h2,5,10,15H,3-4,6-9,11-13H2,1H3,(H,22,27)(H,23,29). The van der Waals surface area contributed by atoms with Crippen LogP contribution in [0.5, 0.6) is 11.5 Å². The molecule has 166 valence electrons. The topological polar surface area (TPSA) is 103 Å². The Morgan fingerprint density at radius 3 is 2.58 bits per heavy atom. The largest absolute Gasteiger partial charge is 0.454 e. The highest BCUT2D eigenvalue weighted by Crippen LogP contribution is 2.37. The summed E-state index contributed by atoms with van der Waals surface area (Å²) in [6.45, 7) is 5.31. The quantitative estimate of drug-likeness (QED) is 0.616. The average molecular weight is 429 g/mol. The van der Waals surface area contributed by atoms with Crippen LogP contribution in [0, 0.1) is 0 Å². The molecule has 31 heavy (non-hydrogen) atoms. The van der Waals surface area contributed by atoms with Gasteiger partial charge in [0.25, 0.3) is 5.91 Å². The van der Waals surface area contributed by atoms with Crippen LogP contribution in [0.15, 0.2) is 18.2 Å². The zero-order valence-electron chi connectivity index (χ0n) is 17.6. The third kappa shape index (κ3) is 3.92. The van der Waals surface area contributed by atoms with Gasteiger partial charge in [-0.2, -0.15) is 0 Å². The molecule has 3 fully saturated rings. The van der Waals surface area contributed by atoms with Gasteiger partial charge in [-0.25, -0.2) is 9.69 Å². The zero-order valence-corrected chi connectivity index (χ0v) is 17.6. The Labute approximate surface area is 180 Å². The van der Waals surface area contributed by atoms with Crippen molar-refractivity contribution in [1.29, 1.82) is 0 Å². The predicted octanol–water partition coefficient (Wildman–Crippen LogP) is 0.0360. The lowest BCUT2D eigenvalue weighted by Gasteiger charge is -2.35. The summed E-state index contributed by atoms with van der Waals surface area (Å²) in [7, 11) is 0. The van der Waals surface area contributed by atoms with Crippen molar-refractivity contribution in [2.75, 3.05) is 46.2 Å². The molecule has 0 aromatic heterocycles. The lowest BCUT2D eigenvalue weighted by molar-refractivity contribution is -0.132. The second kappa shape index (κ2) is 7.69. The number of hydrogen-bond acceptors (Lipinski definition) is 7. The van der Waals surface area contributed by atoms with Crippen LogP contribution >= 0.6 is 0 Å². The van der Waals surface area contributed by atoms with Gasteiger partial charge in [0.15, 0.2) is 11.5 Å². The number of hydrogen-bond donors (Lipinski definition) is 2. The number of fused-ring (bicyclic) bond motifs is 1. The molecule has 1 aliphatic carbocycles. The maximum absolute atomic E-state index is 13.2. The van der Waals surface area contributed by atoms with Crippen LogP contribution in [0.4, 0.5) is 4.79 Å². The molecule has 10 heteroatoms. The molecule has 3 aliphatic heterocycles. The maximum Gasteiger partial charge on any atom is 0.326 e. The molecule has 2 saturated heterocycles. The minimum Gasteiger partial charge on any atom is -0.454 e. The minimum absolute atomic E-state index is 0.0736. The molecule has 1 atom stereocenters. The van der Waals surface area contributed by atoms with Gasteiger partial charge in [-0.1, -0.05) is 6.07 Å². The van der Waals surface area contributed by atoms with Gasteiger partial charge in [-0.15, -0.1) is 0 Å². The highest BCUT2D eigenvalue weighted by atomic mass is 16.7. The second-order valence-corrected chi connectivity index (χ2v) is 8.73. The molecule has 1 aromatic rings. The fourth-order valence-electron chi connectivity index (χ4n) is 4.22. The molecular weight excluding hydrogens is 402 g/mol. The Morgan fingerprint density at radius 1 is 1.13 bits per heavy atom. The van der Waals surface area contributed by atoms with E-state index in [1.807, 2.05) is 0 Å². The lowest BCUT2D eigenvalue weighted by atomic mass is 9.92. The number of nitrogens with one attached hydrogen (secondary N) is 2. The number of urea groups is 1. The summed E-state index contributed by atoms with van der Waals surface area (Å²) in [5, 5.41) is 5.84. The van der Waals surface area contributed by atoms with E-state index in [4.69, 9.17) is 9.47 Å². The first kappa shape index (κ1) is 20.1. The predicted molar refractivity (Wildman–Crippen MR) is 109 cm³/mol. The normalized spacial score (nSPS) is 26.3. The molecule has 3 heterocycles. The Morgan fingerprint density at radius 2 is 1.84 bits per heavy atom. The van der Waals surface area contributed by atoms with E-state index in [2.05, 4.69) is 20.4 Å². The monoisotopic (exact) mass is 429 g/mol. The maximum atomic E-state index is 13.2. The second-order valence-electron chi connectivity index (χ2n) is 8.73. The van der Waals surface area contributed by atoms with Gasteiger partial charge in [0, 0.05) is 32.2 Å². The summed E-state index contributed by atoms with van der Waals surface area (Å²) in [6, 6.07) is 5.24. The molecule has 4 aliphatic rings. The highest BCUT2D eigenvalue weighted by molar-refractivity contribution is 6.07. The molecule has 1 aromatic carbocycles. The van der Waals surface area contributed by atoms with E-state index in [-0.39, 0.29) is 25.3 Å². The number of rotatable bonds is 6. The Bertz CT molecular complexity index is 911. The average Bonchev–Trinajstić information content (AvgIpc) is 3.38. The summed E-state index contributed by atoms with van der Waals surface area (Å²) >= 11 is 0. The minimum atomic E-state index is -1.15. The van der Waals surface area contributed by atoms with Crippen LogP contribution in [-0.2, 0) is 15.1 Å². The van der Waals surface area contributed by atoms with E-state index in [0.29, 0.717) is 42.7 Å². The van der Waals surface area contributed by atoms with E-state index in [1.54, 1.807) is 25.1 Å². The van der Waals surface area contributed by atoms with Gasteiger partial charge >= 0.3 is 6.03 Å². The molecular formula is C21H27N5O5. The summed E-state index contributed by atoms with van der Waals surface area (Å²) in [5.74, 6) is 0.984.